The van der Waals surface area contributed by atoms with Gasteiger partial charge in [-0.05, 0) is 42.2 Å². The highest BCUT2D eigenvalue weighted by Crippen LogP contribution is 2.36. The number of rotatable bonds is 5. The molecule has 5 nitrogen and oxygen atoms in total. The number of aryl methyl sites for hydroxylation is 1. The molecule has 4 rings (SSSR count). The molecule has 2 fully saturated rings. The smallest absolute Gasteiger partial charge is 0.0959 e. The van der Waals surface area contributed by atoms with Gasteiger partial charge >= 0.3 is 0 Å². The van der Waals surface area contributed by atoms with Crippen LogP contribution in [0.5, 0.6) is 0 Å². The third-order valence-electron chi connectivity index (χ3n) is 5.22. The minimum Gasteiger partial charge on any atom is -0.373 e. The van der Waals surface area contributed by atoms with Gasteiger partial charge in [0.1, 0.15) is 0 Å². The molecule has 2 aliphatic rings. The molecular formula is C20H25N3O2. The fourth-order valence-corrected chi connectivity index (χ4v) is 3.83. The van der Waals surface area contributed by atoms with Crippen molar-refractivity contribution in [3.8, 4) is 0 Å². The summed E-state index contributed by atoms with van der Waals surface area (Å²) >= 11 is 0. The van der Waals surface area contributed by atoms with Gasteiger partial charge in [-0.2, -0.15) is 0 Å². The Balaban J connectivity index is 1.28. The number of nitrogens with zero attached hydrogens (tertiary/aromatic N) is 3. The SMILES string of the molecule is Cc1ccncc1CO[C@H]1CCOC2(C1)CN(Cc1cccnc1)C2. The minimum absolute atomic E-state index is 0.0187. The zero-order valence-electron chi connectivity index (χ0n) is 14.7. The van der Waals surface area contributed by atoms with Crippen LogP contribution in [0.4, 0.5) is 0 Å². The first-order valence-corrected chi connectivity index (χ1v) is 8.99. The molecular weight excluding hydrogens is 314 g/mol. The molecule has 2 aliphatic heterocycles. The van der Waals surface area contributed by atoms with Crippen LogP contribution in [0.25, 0.3) is 0 Å². The molecule has 0 radical (unpaired) electrons. The van der Waals surface area contributed by atoms with Gasteiger partial charge in [-0.3, -0.25) is 14.9 Å². The summed E-state index contributed by atoms with van der Waals surface area (Å²) in [5, 5.41) is 0. The van der Waals surface area contributed by atoms with Gasteiger partial charge in [-0.15, -0.1) is 0 Å². The van der Waals surface area contributed by atoms with Crippen molar-refractivity contribution in [3.63, 3.8) is 0 Å². The Morgan fingerprint density at radius 2 is 2.12 bits per heavy atom. The van der Waals surface area contributed by atoms with Gasteiger partial charge in [-0.1, -0.05) is 6.07 Å². The van der Waals surface area contributed by atoms with E-state index in [-0.39, 0.29) is 11.7 Å². The number of ether oxygens (including phenoxy) is 2. The van der Waals surface area contributed by atoms with Crippen molar-refractivity contribution in [2.24, 2.45) is 0 Å². The molecule has 2 aromatic rings. The van der Waals surface area contributed by atoms with Crippen molar-refractivity contribution in [1.82, 2.24) is 14.9 Å². The first-order valence-electron chi connectivity index (χ1n) is 8.99. The summed E-state index contributed by atoms with van der Waals surface area (Å²) in [4.78, 5) is 10.8. The Morgan fingerprint density at radius 1 is 1.24 bits per heavy atom. The molecule has 0 unspecified atom stereocenters. The van der Waals surface area contributed by atoms with E-state index in [1.165, 1.54) is 16.7 Å². The molecule has 0 saturated carbocycles. The van der Waals surface area contributed by atoms with Crippen molar-refractivity contribution >= 4 is 0 Å². The summed E-state index contributed by atoms with van der Waals surface area (Å²) in [7, 11) is 0. The quantitative estimate of drug-likeness (QED) is 0.838. The van der Waals surface area contributed by atoms with Gasteiger partial charge in [0.2, 0.25) is 0 Å². The first kappa shape index (κ1) is 16.6. The largest absolute Gasteiger partial charge is 0.373 e. The number of hydrogen-bond donors (Lipinski definition) is 0. The standard InChI is InChI=1S/C20H25N3O2/c1-16-4-7-22-11-18(16)13-24-19-5-8-25-20(9-19)14-23(15-20)12-17-3-2-6-21-10-17/h2-4,6-7,10-11,19H,5,8-9,12-15H2,1H3/t19-/m0/s1. The van der Waals surface area contributed by atoms with E-state index in [1.807, 2.05) is 36.9 Å². The maximum Gasteiger partial charge on any atom is 0.0959 e. The fraction of sp³-hybridized carbons (Fsp3) is 0.500. The Labute approximate surface area is 149 Å². The van der Waals surface area contributed by atoms with Crippen molar-refractivity contribution in [1.29, 1.82) is 0 Å². The minimum atomic E-state index is -0.0187. The number of aromatic nitrogens is 2. The molecule has 1 atom stereocenters. The van der Waals surface area contributed by atoms with Gasteiger partial charge in [0.05, 0.1) is 18.3 Å². The number of pyridine rings is 2. The molecule has 4 heterocycles. The lowest BCUT2D eigenvalue weighted by Crippen LogP contribution is -2.65. The summed E-state index contributed by atoms with van der Waals surface area (Å²) in [6, 6.07) is 6.15. The highest BCUT2D eigenvalue weighted by Gasteiger charge is 2.47. The summed E-state index contributed by atoms with van der Waals surface area (Å²) in [5.74, 6) is 0. The molecule has 0 aliphatic carbocycles. The molecule has 0 amide bonds. The molecule has 132 valence electrons. The monoisotopic (exact) mass is 339 g/mol. The topological polar surface area (TPSA) is 47.5 Å². The van der Waals surface area contributed by atoms with Gasteiger partial charge in [0.15, 0.2) is 0 Å². The molecule has 5 heteroatoms. The third-order valence-corrected chi connectivity index (χ3v) is 5.22. The van der Waals surface area contributed by atoms with Crippen LogP contribution < -0.4 is 0 Å². The van der Waals surface area contributed by atoms with Crippen LogP contribution in [0.15, 0.2) is 43.0 Å². The highest BCUT2D eigenvalue weighted by molar-refractivity contribution is 5.20. The van der Waals surface area contributed by atoms with E-state index in [9.17, 15) is 0 Å². The molecule has 0 bridgehead atoms. The van der Waals surface area contributed by atoms with Gasteiger partial charge in [-0.25, -0.2) is 0 Å². The lowest BCUT2D eigenvalue weighted by atomic mass is 9.84. The van der Waals surface area contributed by atoms with Crippen LogP contribution in [-0.2, 0) is 22.6 Å². The maximum absolute atomic E-state index is 6.19. The van der Waals surface area contributed by atoms with Crippen LogP contribution in [-0.4, -0.2) is 46.3 Å². The molecule has 2 aromatic heterocycles. The van der Waals surface area contributed by atoms with Crippen LogP contribution in [0, 0.1) is 6.92 Å². The molecule has 0 aromatic carbocycles. The average Bonchev–Trinajstić information content (AvgIpc) is 2.61. The zero-order valence-corrected chi connectivity index (χ0v) is 14.7. The molecule has 0 N–H and O–H groups in total. The van der Waals surface area contributed by atoms with Gasteiger partial charge in [0, 0.05) is 57.4 Å². The summed E-state index contributed by atoms with van der Waals surface area (Å²) in [6.45, 7) is 6.44. The van der Waals surface area contributed by atoms with Crippen LogP contribution in [0.2, 0.25) is 0 Å². The highest BCUT2D eigenvalue weighted by atomic mass is 16.5. The third kappa shape index (κ3) is 3.89. The average molecular weight is 339 g/mol. The van der Waals surface area contributed by atoms with Crippen LogP contribution in [0.1, 0.15) is 29.5 Å². The van der Waals surface area contributed by atoms with E-state index >= 15 is 0 Å². The predicted octanol–water partition coefficient (Wildman–Crippen LogP) is 2.74. The van der Waals surface area contributed by atoms with E-state index in [2.05, 4.69) is 27.9 Å². The van der Waals surface area contributed by atoms with Gasteiger partial charge < -0.3 is 9.47 Å². The zero-order chi connectivity index (χ0) is 17.1. The Hall–Kier alpha value is -1.82. The van der Waals surface area contributed by atoms with Gasteiger partial charge in [0.25, 0.3) is 0 Å². The van der Waals surface area contributed by atoms with Crippen LogP contribution in [0.3, 0.4) is 0 Å². The number of likely N-dealkylation sites (tertiary alicyclic amines) is 1. The van der Waals surface area contributed by atoms with E-state index in [0.717, 1.165) is 39.1 Å². The second-order valence-electron chi connectivity index (χ2n) is 7.27. The molecule has 25 heavy (non-hydrogen) atoms. The maximum atomic E-state index is 6.19. The van der Waals surface area contributed by atoms with E-state index in [0.29, 0.717) is 6.61 Å². The molecule has 1 spiro atoms. The number of hydrogen-bond acceptors (Lipinski definition) is 5. The predicted molar refractivity (Wildman–Crippen MR) is 95.0 cm³/mol. The summed E-state index contributed by atoms with van der Waals surface area (Å²) in [5.41, 5.74) is 3.65. The fourth-order valence-electron chi connectivity index (χ4n) is 3.83. The Morgan fingerprint density at radius 3 is 2.92 bits per heavy atom. The second-order valence-corrected chi connectivity index (χ2v) is 7.27. The first-order chi connectivity index (χ1) is 12.2. The van der Waals surface area contributed by atoms with E-state index in [1.54, 1.807) is 0 Å². The van der Waals surface area contributed by atoms with E-state index < -0.39 is 0 Å². The lowest BCUT2D eigenvalue weighted by molar-refractivity contribution is -0.200. The Kier molecular flexibility index (Phi) is 4.79. The van der Waals surface area contributed by atoms with Crippen molar-refractivity contribution < 1.29 is 9.47 Å². The normalized spacial score (nSPS) is 22.7. The molecule has 2 saturated heterocycles. The van der Waals surface area contributed by atoms with E-state index in [4.69, 9.17) is 9.47 Å². The lowest BCUT2D eigenvalue weighted by Gasteiger charge is -2.53. The summed E-state index contributed by atoms with van der Waals surface area (Å²) < 4.78 is 12.3. The second kappa shape index (κ2) is 7.20. The van der Waals surface area contributed by atoms with Crippen molar-refractivity contribution in [2.45, 2.75) is 44.6 Å². The Bertz CT molecular complexity index is 701. The van der Waals surface area contributed by atoms with Crippen LogP contribution >= 0.6 is 0 Å². The van der Waals surface area contributed by atoms with Crippen molar-refractivity contribution in [2.75, 3.05) is 19.7 Å². The van der Waals surface area contributed by atoms with Crippen molar-refractivity contribution in [3.05, 3.63) is 59.7 Å². The summed E-state index contributed by atoms with van der Waals surface area (Å²) in [6.07, 6.45) is 9.72.